The molecule has 1 unspecified atom stereocenters. The van der Waals surface area contributed by atoms with Crippen LogP contribution in [0.1, 0.15) is 49.0 Å². The van der Waals surface area contributed by atoms with Gasteiger partial charge >= 0.3 is 6.18 Å². The normalized spacial score (nSPS) is 19.5. The summed E-state index contributed by atoms with van der Waals surface area (Å²) in [5.41, 5.74) is -1.37. The van der Waals surface area contributed by atoms with Gasteiger partial charge in [-0.1, -0.05) is 20.3 Å². The molecule has 0 spiro atoms. The summed E-state index contributed by atoms with van der Waals surface area (Å²) in [6.45, 7) is 6.55. The number of nitrogens with one attached hydrogen (secondary N) is 1. The first-order valence-corrected chi connectivity index (χ1v) is 8.32. The highest BCUT2D eigenvalue weighted by atomic mass is 19.4. The smallest absolute Gasteiger partial charge is 0.350 e. The predicted octanol–water partition coefficient (Wildman–Crippen LogP) is 3.34. The third kappa shape index (κ3) is 4.93. The van der Waals surface area contributed by atoms with Gasteiger partial charge in [0.2, 0.25) is 0 Å². The minimum absolute atomic E-state index is 0.182. The third-order valence-electron chi connectivity index (χ3n) is 4.22. The molecule has 1 fully saturated rings. The Morgan fingerprint density at radius 1 is 1.42 bits per heavy atom. The Kier molecular flexibility index (Phi) is 6.21. The van der Waals surface area contributed by atoms with Crippen LogP contribution in [0.15, 0.2) is 18.5 Å². The summed E-state index contributed by atoms with van der Waals surface area (Å²) in [4.78, 5) is 18.0. The summed E-state index contributed by atoms with van der Waals surface area (Å²) >= 11 is 0. The number of amides is 1. The molecule has 2 heterocycles. The van der Waals surface area contributed by atoms with Crippen molar-refractivity contribution in [3.63, 3.8) is 0 Å². The van der Waals surface area contributed by atoms with Gasteiger partial charge in [-0.3, -0.25) is 14.7 Å². The molecule has 0 saturated carbocycles. The molecule has 1 aromatic heterocycles. The van der Waals surface area contributed by atoms with Crippen molar-refractivity contribution in [3.8, 4) is 0 Å². The fraction of sp³-hybridized carbons (Fsp3) is 0.647. The van der Waals surface area contributed by atoms with Crippen LogP contribution in [0.4, 0.5) is 13.2 Å². The summed E-state index contributed by atoms with van der Waals surface area (Å²) < 4.78 is 38.9. The Hall–Kier alpha value is -1.63. The van der Waals surface area contributed by atoms with E-state index in [9.17, 15) is 18.0 Å². The molecule has 24 heavy (non-hydrogen) atoms. The summed E-state index contributed by atoms with van der Waals surface area (Å²) in [6, 6.07) is 1.30. The highest BCUT2D eigenvalue weighted by Crippen LogP contribution is 2.31. The van der Waals surface area contributed by atoms with Crippen molar-refractivity contribution in [3.05, 3.63) is 29.6 Å². The molecule has 134 valence electrons. The molecule has 4 nitrogen and oxygen atoms in total. The zero-order chi connectivity index (χ0) is 17.7. The van der Waals surface area contributed by atoms with Gasteiger partial charge in [0.05, 0.1) is 11.1 Å². The van der Waals surface area contributed by atoms with Crippen LogP contribution in [0, 0.1) is 5.92 Å². The second-order valence-electron chi connectivity index (χ2n) is 6.67. The molecule has 0 aromatic carbocycles. The number of likely N-dealkylation sites (tertiary alicyclic amines) is 1. The Morgan fingerprint density at radius 3 is 2.83 bits per heavy atom. The average Bonchev–Trinajstić information content (AvgIpc) is 2.52. The van der Waals surface area contributed by atoms with E-state index in [4.69, 9.17) is 0 Å². The lowest BCUT2D eigenvalue weighted by atomic mass is 10.00. The molecule has 1 N–H and O–H groups in total. The monoisotopic (exact) mass is 343 g/mol. The second kappa shape index (κ2) is 7.96. The SMILES string of the molecule is CC(C)CN1CCCCC1CNC(=O)c1ccncc1C(F)(F)F. The molecule has 2 rings (SSSR count). The minimum Gasteiger partial charge on any atom is -0.350 e. The van der Waals surface area contributed by atoms with Crippen LogP contribution < -0.4 is 5.32 Å². The molecular weight excluding hydrogens is 319 g/mol. The number of aromatic nitrogens is 1. The lowest BCUT2D eigenvalue weighted by Gasteiger charge is -2.36. The Balaban J connectivity index is 2.02. The lowest BCUT2D eigenvalue weighted by molar-refractivity contribution is -0.138. The topological polar surface area (TPSA) is 45.2 Å². The van der Waals surface area contributed by atoms with E-state index >= 15 is 0 Å². The summed E-state index contributed by atoms with van der Waals surface area (Å²) in [6.07, 6.45) is 0.472. The first-order chi connectivity index (χ1) is 11.3. The molecule has 1 aliphatic heterocycles. The minimum atomic E-state index is -4.59. The average molecular weight is 343 g/mol. The van der Waals surface area contributed by atoms with E-state index in [0.29, 0.717) is 18.7 Å². The number of carbonyl (C=O) groups excluding carboxylic acids is 1. The van der Waals surface area contributed by atoms with Crippen LogP contribution >= 0.6 is 0 Å². The van der Waals surface area contributed by atoms with E-state index in [-0.39, 0.29) is 11.6 Å². The van der Waals surface area contributed by atoms with Crippen LogP contribution in [0.25, 0.3) is 0 Å². The fourth-order valence-electron chi connectivity index (χ4n) is 3.12. The van der Waals surface area contributed by atoms with Crippen molar-refractivity contribution >= 4 is 5.91 Å². The summed E-state index contributed by atoms with van der Waals surface area (Å²) in [7, 11) is 0. The molecule has 1 aliphatic rings. The number of hydrogen-bond acceptors (Lipinski definition) is 3. The number of rotatable bonds is 5. The van der Waals surface area contributed by atoms with Gasteiger partial charge in [0.25, 0.3) is 5.91 Å². The van der Waals surface area contributed by atoms with Crippen molar-refractivity contribution in [1.29, 1.82) is 0 Å². The number of nitrogens with zero attached hydrogens (tertiary/aromatic N) is 2. The highest BCUT2D eigenvalue weighted by Gasteiger charge is 2.35. The van der Waals surface area contributed by atoms with E-state index in [1.807, 2.05) is 0 Å². The Labute approximate surface area is 140 Å². The van der Waals surface area contributed by atoms with Gasteiger partial charge in [0.1, 0.15) is 0 Å². The zero-order valence-electron chi connectivity index (χ0n) is 14.1. The maximum atomic E-state index is 13.0. The van der Waals surface area contributed by atoms with Gasteiger partial charge in [0, 0.05) is 31.5 Å². The molecule has 0 radical (unpaired) electrons. The van der Waals surface area contributed by atoms with E-state index in [1.54, 1.807) is 0 Å². The molecule has 1 atom stereocenters. The van der Waals surface area contributed by atoms with Crippen LogP contribution in [0.3, 0.4) is 0 Å². The third-order valence-corrected chi connectivity index (χ3v) is 4.22. The van der Waals surface area contributed by atoms with Crippen molar-refractivity contribution in [2.24, 2.45) is 5.92 Å². The van der Waals surface area contributed by atoms with Gasteiger partial charge in [-0.2, -0.15) is 13.2 Å². The molecule has 1 amide bonds. The van der Waals surface area contributed by atoms with E-state index in [1.165, 1.54) is 6.20 Å². The van der Waals surface area contributed by atoms with Crippen LogP contribution in [-0.2, 0) is 6.18 Å². The Bertz CT molecular complexity index is 560. The number of piperidine rings is 1. The standard InChI is InChI=1S/C17H24F3N3O/c1-12(2)11-23-8-4-3-5-13(23)9-22-16(24)14-6-7-21-10-15(14)17(18,19)20/h6-7,10,12-13H,3-5,8-9,11H2,1-2H3,(H,22,24). The van der Waals surface area contributed by atoms with Crippen molar-refractivity contribution < 1.29 is 18.0 Å². The Morgan fingerprint density at radius 2 is 2.17 bits per heavy atom. The van der Waals surface area contributed by atoms with Crippen molar-refractivity contribution in [1.82, 2.24) is 15.2 Å². The van der Waals surface area contributed by atoms with Gasteiger partial charge in [-0.25, -0.2) is 0 Å². The highest BCUT2D eigenvalue weighted by molar-refractivity contribution is 5.95. The van der Waals surface area contributed by atoms with E-state index < -0.39 is 17.6 Å². The quantitative estimate of drug-likeness (QED) is 0.892. The van der Waals surface area contributed by atoms with Gasteiger partial charge < -0.3 is 5.32 Å². The van der Waals surface area contributed by atoms with Crippen LogP contribution in [0.5, 0.6) is 0 Å². The summed E-state index contributed by atoms with van der Waals surface area (Å²) in [5.74, 6) is -0.182. The molecular formula is C17H24F3N3O. The molecule has 1 aromatic rings. The van der Waals surface area contributed by atoms with Crippen molar-refractivity contribution in [2.45, 2.75) is 45.3 Å². The number of halogens is 3. The van der Waals surface area contributed by atoms with E-state index in [2.05, 4.69) is 29.0 Å². The maximum Gasteiger partial charge on any atom is 0.418 e. The lowest BCUT2D eigenvalue weighted by Crippen LogP contribution is -2.48. The van der Waals surface area contributed by atoms with Gasteiger partial charge in [0.15, 0.2) is 0 Å². The second-order valence-corrected chi connectivity index (χ2v) is 6.67. The van der Waals surface area contributed by atoms with Crippen molar-refractivity contribution in [2.75, 3.05) is 19.6 Å². The number of pyridine rings is 1. The molecule has 0 bridgehead atoms. The largest absolute Gasteiger partial charge is 0.418 e. The predicted molar refractivity (Wildman–Crippen MR) is 85.6 cm³/mol. The molecule has 1 saturated heterocycles. The maximum absolute atomic E-state index is 13.0. The molecule has 0 aliphatic carbocycles. The summed E-state index contributed by atoms with van der Waals surface area (Å²) in [5, 5.41) is 2.68. The van der Waals surface area contributed by atoms with Gasteiger partial charge in [-0.05, 0) is 31.4 Å². The molecule has 7 heteroatoms. The van der Waals surface area contributed by atoms with E-state index in [0.717, 1.165) is 38.4 Å². The number of carbonyl (C=O) groups is 1. The first-order valence-electron chi connectivity index (χ1n) is 8.32. The fourth-order valence-corrected chi connectivity index (χ4v) is 3.12. The van der Waals surface area contributed by atoms with Crippen LogP contribution in [0.2, 0.25) is 0 Å². The van der Waals surface area contributed by atoms with Crippen LogP contribution in [-0.4, -0.2) is 41.5 Å². The van der Waals surface area contributed by atoms with Gasteiger partial charge in [-0.15, -0.1) is 0 Å². The number of hydrogen-bond donors (Lipinski definition) is 1. The zero-order valence-corrected chi connectivity index (χ0v) is 14.1. The first kappa shape index (κ1) is 18.7. The number of alkyl halides is 3.